The van der Waals surface area contributed by atoms with Crippen molar-refractivity contribution in [2.75, 3.05) is 6.61 Å². The number of hydrogen-bond donors (Lipinski definition) is 0. The first-order valence-electron chi connectivity index (χ1n) is 4.79. The lowest BCUT2D eigenvalue weighted by molar-refractivity contribution is -0.129. The zero-order valence-corrected chi connectivity index (χ0v) is 8.90. The summed E-state index contributed by atoms with van der Waals surface area (Å²) in [6.45, 7) is 4.26. The van der Waals surface area contributed by atoms with E-state index in [2.05, 4.69) is 0 Å². The third-order valence-corrected chi connectivity index (χ3v) is 1.77. The van der Waals surface area contributed by atoms with Crippen molar-refractivity contribution in [2.24, 2.45) is 0 Å². The minimum absolute atomic E-state index is 0.433. The highest BCUT2D eigenvalue weighted by molar-refractivity contribution is 5.83. The summed E-state index contributed by atoms with van der Waals surface area (Å²) in [5.74, 6) is 0.140. The molecule has 0 saturated heterocycles. The lowest BCUT2D eigenvalue weighted by Gasteiger charge is -2.03. The van der Waals surface area contributed by atoms with E-state index in [0.29, 0.717) is 12.4 Å². The zero-order chi connectivity index (χ0) is 11.1. The van der Waals surface area contributed by atoms with Crippen molar-refractivity contribution in [1.29, 1.82) is 0 Å². The Kier molecular flexibility index (Phi) is 4.41. The van der Waals surface area contributed by atoms with E-state index < -0.39 is 5.97 Å². The SMILES string of the molecule is CCO/C=C/C(=O)Oc1ccccc1C. The summed E-state index contributed by atoms with van der Waals surface area (Å²) < 4.78 is 9.98. The molecule has 0 saturated carbocycles. The molecule has 0 atom stereocenters. The highest BCUT2D eigenvalue weighted by atomic mass is 16.5. The fraction of sp³-hybridized carbons (Fsp3) is 0.250. The molecule has 0 aromatic heterocycles. The molecule has 0 bridgehead atoms. The molecule has 15 heavy (non-hydrogen) atoms. The molecule has 0 heterocycles. The molecule has 0 spiro atoms. The van der Waals surface area contributed by atoms with Crippen LogP contribution in [0, 0.1) is 6.92 Å². The first kappa shape index (κ1) is 11.3. The molecule has 0 N–H and O–H groups in total. The summed E-state index contributed by atoms with van der Waals surface area (Å²) in [6, 6.07) is 7.35. The molecular weight excluding hydrogens is 192 g/mol. The molecule has 3 nitrogen and oxygen atoms in total. The molecule has 0 aliphatic carbocycles. The smallest absolute Gasteiger partial charge is 0.339 e. The van der Waals surface area contributed by atoms with Gasteiger partial charge in [0.15, 0.2) is 0 Å². The van der Waals surface area contributed by atoms with E-state index in [4.69, 9.17) is 9.47 Å². The minimum Gasteiger partial charge on any atom is -0.501 e. The highest BCUT2D eigenvalue weighted by Gasteiger charge is 2.02. The van der Waals surface area contributed by atoms with Crippen LogP contribution < -0.4 is 4.74 Å². The number of ether oxygens (including phenoxy) is 2. The van der Waals surface area contributed by atoms with Gasteiger partial charge in [0.1, 0.15) is 5.75 Å². The number of benzene rings is 1. The number of carbonyl (C=O) groups excluding carboxylic acids is 1. The predicted molar refractivity (Wildman–Crippen MR) is 57.6 cm³/mol. The Morgan fingerprint density at radius 2 is 2.13 bits per heavy atom. The van der Waals surface area contributed by atoms with Crippen LogP contribution in [0.3, 0.4) is 0 Å². The molecule has 0 radical (unpaired) electrons. The van der Waals surface area contributed by atoms with Gasteiger partial charge in [-0.25, -0.2) is 4.79 Å². The summed E-state index contributed by atoms with van der Waals surface area (Å²) in [5, 5.41) is 0. The Labute approximate surface area is 89.3 Å². The molecule has 80 valence electrons. The third kappa shape index (κ3) is 3.85. The van der Waals surface area contributed by atoms with Gasteiger partial charge in [-0.15, -0.1) is 0 Å². The number of esters is 1. The number of aryl methyl sites for hydroxylation is 1. The largest absolute Gasteiger partial charge is 0.501 e. The van der Waals surface area contributed by atoms with Crippen molar-refractivity contribution in [1.82, 2.24) is 0 Å². The van der Waals surface area contributed by atoms with Gasteiger partial charge in [0.2, 0.25) is 0 Å². The van der Waals surface area contributed by atoms with Crippen LogP contribution in [-0.2, 0) is 9.53 Å². The van der Waals surface area contributed by atoms with Gasteiger partial charge in [-0.05, 0) is 25.5 Å². The van der Waals surface area contributed by atoms with Gasteiger partial charge >= 0.3 is 5.97 Å². The molecule has 1 rings (SSSR count). The average molecular weight is 206 g/mol. The molecule has 0 amide bonds. The van der Waals surface area contributed by atoms with Crippen LogP contribution in [0.4, 0.5) is 0 Å². The van der Waals surface area contributed by atoms with E-state index in [9.17, 15) is 4.79 Å². The van der Waals surface area contributed by atoms with Gasteiger partial charge in [0.25, 0.3) is 0 Å². The van der Waals surface area contributed by atoms with Crippen LogP contribution in [0.1, 0.15) is 12.5 Å². The quantitative estimate of drug-likeness (QED) is 0.328. The standard InChI is InChI=1S/C12H14O3/c1-3-14-9-8-12(13)15-11-7-5-4-6-10(11)2/h4-9H,3H2,1-2H3/b9-8+. The van der Waals surface area contributed by atoms with Crippen molar-refractivity contribution >= 4 is 5.97 Å². The minimum atomic E-state index is -0.433. The van der Waals surface area contributed by atoms with Gasteiger partial charge in [-0.2, -0.15) is 0 Å². The highest BCUT2D eigenvalue weighted by Crippen LogP contribution is 2.16. The molecule has 0 aliphatic heterocycles. The van der Waals surface area contributed by atoms with E-state index in [1.165, 1.54) is 12.3 Å². The third-order valence-electron chi connectivity index (χ3n) is 1.77. The molecule has 1 aromatic rings. The molecule has 0 fully saturated rings. The summed E-state index contributed by atoms with van der Waals surface area (Å²) in [6.07, 6.45) is 2.59. The van der Waals surface area contributed by atoms with Crippen LogP contribution in [-0.4, -0.2) is 12.6 Å². The summed E-state index contributed by atoms with van der Waals surface area (Å²) in [5.41, 5.74) is 0.927. The maximum Gasteiger partial charge on any atom is 0.339 e. The maximum atomic E-state index is 11.3. The Morgan fingerprint density at radius 1 is 1.40 bits per heavy atom. The average Bonchev–Trinajstić information content (AvgIpc) is 2.22. The second-order valence-corrected chi connectivity index (χ2v) is 2.94. The van der Waals surface area contributed by atoms with Crippen LogP contribution in [0.25, 0.3) is 0 Å². The maximum absolute atomic E-state index is 11.3. The van der Waals surface area contributed by atoms with Gasteiger partial charge in [0.05, 0.1) is 18.9 Å². The number of para-hydroxylation sites is 1. The van der Waals surface area contributed by atoms with E-state index in [1.807, 2.05) is 32.0 Å². The topological polar surface area (TPSA) is 35.5 Å². The van der Waals surface area contributed by atoms with Crippen molar-refractivity contribution in [2.45, 2.75) is 13.8 Å². The molecular formula is C12H14O3. The normalized spacial score (nSPS) is 10.3. The second-order valence-electron chi connectivity index (χ2n) is 2.94. The Balaban J connectivity index is 2.55. The Morgan fingerprint density at radius 3 is 2.80 bits per heavy atom. The van der Waals surface area contributed by atoms with Gasteiger partial charge < -0.3 is 9.47 Å². The molecule has 1 aromatic carbocycles. The second kappa shape index (κ2) is 5.86. The van der Waals surface area contributed by atoms with Crippen molar-refractivity contribution in [3.63, 3.8) is 0 Å². The van der Waals surface area contributed by atoms with E-state index in [1.54, 1.807) is 6.07 Å². The van der Waals surface area contributed by atoms with Crippen molar-refractivity contribution in [3.8, 4) is 5.75 Å². The van der Waals surface area contributed by atoms with Gasteiger partial charge in [-0.1, -0.05) is 18.2 Å². The summed E-state index contributed by atoms with van der Waals surface area (Å²) >= 11 is 0. The number of carbonyl (C=O) groups is 1. The van der Waals surface area contributed by atoms with Crippen LogP contribution >= 0.6 is 0 Å². The van der Waals surface area contributed by atoms with E-state index in [0.717, 1.165) is 5.56 Å². The molecule has 0 aliphatic rings. The molecule has 0 unspecified atom stereocenters. The Bertz CT molecular complexity index is 356. The first-order chi connectivity index (χ1) is 7.24. The van der Waals surface area contributed by atoms with Crippen LogP contribution in [0.5, 0.6) is 5.75 Å². The number of rotatable bonds is 4. The fourth-order valence-electron chi connectivity index (χ4n) is 1.01. The van der Waals surface area contributed by atoms with Crippen molar-refractivity contribution in [3.05, 3.63) is 42.2 Å². The number of hydrogen-bond acceptors (Lipinski definition) is 3. The predicted octanol–water partition coefficient (Wildman–Crippen LogP) is 2.45. The zero-order valence-electron chi connectivity index (χ0n) is 8.90. The summed E-state index contributed by atoms with van der Waals surface area (Å²) in [7, 11) is 0. The lowest BCUT2D eigenvalue weighted by Crippen LogP contribution is -2.04. The monoisotopic (exact) mass is 206 g/mol. The van der Waals surface area contributed by atoms with Crippen LogP contribution in [0.15, 0.2) is 36.6 Å². The van der Waals surface area contributed by atoms with Gasteiger partial charge in [0, 0.05) is 0 Å². The van der Waals surface area contributed by atoms with E-state index in [-0.39, 0.29) is 0 Å². The molecule has 3 heteroatoms. The summed E-state index contributed by atoms with van der Waals surface area (Å²) in [4.78, 5) is 11.3. The van der Waals surface area contributed by atoms with Crippen LogP contribution in [0.2, 0.25) is 0 Å². The van der Waals surface area contributed by atoms with E-state index >= 15 is 0 Å². The van der Waals surface area contributed by atoms with Crippen molar-refractivity contribution < 1.29 is 14.3 Å². The Hall–Kier alpha value is -1.77. The fourth-order valence-corrected chi connectivity index (χ4v) is 1.01. The first-order valence-corrected chi connectivity index (χ1v) is 4.79. The van der Waals surface area contributed by atoms with Gasteiger partial charge in [-0.3, -0.25) is 0 Å². The lowest BCUT2D eigenvalue weighted by atomic mass is 10.2.